The van der Waals surface area contributed by atoms with Crippen molar-refractivity contribution in [2.75, 3.05) is 0 Å². The van der Waals surface area contributed by atoms with Crippen LogP contribution in [0, 0.1) is 6.92 Å². The molecule has 2 nitrogen and oxygen atoms in total. The Balaban J connectivity index is 2.29. The Morgan fingerprint density at radius 1 is 1.33 bits per heavy atom. The van der Waals surface area contributed by atoms with Crippen LogP contribution in [0.1, 0.15) is 18.9 Å². The van der Waals surface area contributed by atoms with Crippen LogP contribution in [-0.2, 0) is 6.54 Å². The SMILES string of the molecule is Cc1ccc2c(ccn2CCC(C)O)c1. The van der Waals surface area contributed by atoms with E-state index in [4.69, 9.17) is 0 Å². The van der Waals surface area contributed by atoms with Crippen molar-refractivity contribution in [1.29, 1.82) is 0 Å². The van der Waals surface area contributed by atoms with E-state index < -0.39 is 0 Å². The second-order valence-electron chi connectivity index (χ2n) is 4.21. The standard InChI is InChI=1S/C13H17NO/c1-10-3-4-13-12(9-10)6-8-14(13)7-5-11(2)15/h3-4,6,8-9,11,15H,5,7H2,1-2H3. The molecule has 0 aliphatic rings. The Morgan fingerprint density at radius 2 is 2.13 bits per heavy atom. The second kappa shape index (κ2) is 4.07. The first kappa shape index (κ1) is 10.2. The fourth-order valence-corrected chi connectivity index (χ4v) is 1.84. The van der Waals surface area contributed by atoms with E-state index in [1.54, 1.807) is 0 Å². The van der Waals surface area contributed by atoms with Crippen LogP contribution in [0.3, 0.4) is 0 Å². The average molecular weight is 203 g/mol. The zero-order chi connectivity index (χ0) is 10.8. The largest absolute Gasteiger partial charge is 0.393 e. The lowest BCUT2D eigenvalue weighted by Crippen LogP contribution is -2.05. The highest BCUT2D eigenvalue weighted by molar-refractivity contribution is 5.80. The first-order chi connectivity index (χ1) is 7.16. The lowest BCUT2D eigenvalue weighted by atomic mass is 10.2. The third kappa shape index (κ3) is 2.21. The van der Waals surface area contributed by atoms with Crippen LogP contribution in [0.25, 0.3) is 10.9 Å². The monoisotopic (exact) mass is 203 g/mol. The number of hydrogen-bond donors (Lipinski definition) is 1. The van der Waals surface area contributed by atoms with E-state index >= 15 is 0 Å². The van der Waals surface area contributed by atoms with E-state index in [9.17, 15) is 5.11 Å². The number of aryl methyl sites for hydroxylation is 2. The van der Waals surface area contributed by atoms with Crippen molar-refractivity contribution in [3.8, 4) is 0 Å². The van der Waals surface area contributed by atoms with Crippen molar-refractivity contribution >= 4 is 10.9 Å². The number of fused-ring (bicyclic) bond motifs is 1. The summed E-state index contributed by atoms with van der Waals surface area (Å²) < 4.78 is 2.20. The molecule has 0 aliphatic carbocycles. The Kier molecular flexibility index (Phi) is 2.78. The highest BCUT2D eigenvalue weighted by Gasteiger charge is 2.02. The molecule has 2 heteroatoms. The van der Waals surface area contributed by atoms with Crippen LogP contribution >= 0.6 is 0 Å². The van der Waals surface area contributed by atoms with Crippen LogP contribution in [0.15, 0.2) is 30.5 Å². The minimum Gasteiger partial charge on any atom is -0.393 e. The molecule has 0 aliphatic heterocycles. The lowest BCUT2D eigenvalue weighted by Gasteiger charge is -2.07. The number of aliphatic hydroxyl groups excluding tert-OH is 1. The Hall–Kier alpha value is -1.28. The zero-order valence-electron chi connectivity index (χ0n) is 9.27. The molecule has 2 aromatic rings. The molecular weight excluding hydrogens is 186 g/mol. The predicted octanol–water partition coefficient (Wildman–Crippen LogP) is 2.72. The molecule has 1 aromatic carbocycles. The molecule has 0 amide bonds. The molecule has 0 radical (unpaired) electrons. The molecule has 0 saturated heterocycles. The van der Waals surface area contributed by atoms with Gasteiger partial charge in [0.1, 0.15) is 0 Å². The highest BCUT2D eigenvalue weighted by atomic mass is 16.3. The summed E-state index contributed by atoms with van der Waals surface area (Å²) in [7, 11) is 0. The van der Waals surface area contributed by atoms with Gasteiger partial charge in [-0.25, -0.2) is 0 Å². The summed E-state index contributed by atoms with van der Waals surface area (Å²) >= 11 is 0. The van der Waals surface area contributed by atoms with Crippen LogP contribution in [-0.4, -0.2) is 15.8 Å². The van der Waals surface area contributed by atoms with Crippen molar-refractivity contribution < 1.29 is 5.11 Å². The average Bonchev–Trinajstić information content (AvgIpc) is 2.57. The van der Waals surface area contributed by atoms with Gasteiger partial charge in [0.15, 0.2) is 0 Å². The third-order valence-corrected chi connectivity index (χ3v) is 2.71. The molecular formula is C13H17NO. The Bertz CT molecular complexity index is 457. The molecule has 0 spiro atoms. The second-order valence-corrected chi connectivity index (χ2v) is 4.21. The van der Waals surface area contributed by atoms with E-state index in [1.807, 2.05) is 6.92 Å². The minimum atomic E-state index is -0.229. The van der Waals surface area contributed by atoms with Gasteiger partial charge in [0.05, 0.1) is 6.10 Å². The van der Waals surface area contributed by atoms with E-state index in [-0.39, 0.29) is 6.10 Å². The quantitative estimate of drug-likeness (QED) is 0.815. The summed E-state index contributed by atoms with van der Waals surface area (Å²) in [5.41, 5.74) is 2.54. The predicted molar refractivity (Wildman–Crippen MR) is 63.0 cm³/mol. The maximum absolute atomic E-state index is 9.25. The zero-order valence-corrected chi connectivity index (χ0v) is 9.27. The molecule has 1 N–H and O–H groups in total. The molecule has 1 heterocycles. The smallest absolute Gasteiger partial charge is 0.0529 e. The topological polar surface area (TPSA) is 25.2 Å². The molecule has 2 rings (SSSR count). The molecule has 15 heavy (non-hydrogen) atoms. The summed E-state index contributed by atoms with van der Waals surface area (Å²) in [6, 6.07) is 8.59. The van der Waals surface area contributed by atoms with Gasteiger partial charge in [-0.05, 0) is 43.9 Å². The Labute approximate surface area is 90.2 Å². The van der Waals surface area contributed by atoms with E-state index in [0.29, 0.717) is 0 Å². The van der Waals surface area contributed by atoms with Crippen LogP contribution < -0.4 is 0 Å². The minimum absolute atomic E-state index is 0.229. The first-order valence-corrected chi connectivity index (χ1v) is 5.40. The van der Waals surface area contributed by atoms with Crippen molar-refractivity contribution in [2.24, 2.45) is 0 Å². The lowest BCUT2D eigenvalue weighted by molar-refractivity contribution is 0.178. The van der Waals surface area contributed by atoms with Gasteiger partial charge >= 0.3 is 0 Å². The van der Waals surface area contributed by atoms with Crippen LogP contribution in [0.2, 0.25) is 0 Å². The van der Waals surface area contributed by atoms with Crippen molar-refractivity contribution in [1.82, 2.24) is 4.57 Å². The van der Waals surface area contributed by atoms with Gasteiger partial charge < -0.3 is 9.67 Å². The van der Waals surface area contributed by atoms with Crippen LogP contribution in [0.4, 0.5) is 0 Å². The van der Waals surface area contributed by atoms with Gasteiger partial charge in [-0.15, -0.1) is 0 Å². The van der Waals surface area contributed by atoms with Gasteiger partial charge in [-0.1, -0.05) is 11.6 Å². The molecule has 1 unspecified atom stereocenters. The molecule has 1 aromatic heterocycles. The maximum Gasteiger partial charge on any atom is 0.0529 e. The van der Waals surface area contributed by atoms with Gasteiger partial charge in [0.2, 0.25) is 0 Å². The normalized spacial score (nSPS) is 13.3. The summed E-state index contributed by atoms with van der Waals surface area (Å²) in [4.78, 5) is 0. The van der Waals surface area contributed by atoms with E-state index in [1.165, 1.54) is 16.5 Å². The molecule has 0 saturated carbocycles. The highest BCUT2D eigenvalue weighted by Crippen LogP contribution is 2.17. The molecule has 0 fully saturated rings. The Morgan fingerprint density at radius 3 is 2.87 bits per heavy atom. The molecule has 1 atom stereocenters. The summed E-state index contributed by atoms with van der Waals surface area (Å²) in [5, 5.41) is 10.5. The van der Waals surface area contributed by atoms with Gasteiger partial charge in [0, 0.05) is 18.3 Å². The number of rotatable bonds is 3. The fraction of sp³-hybridized carbons (Fsp3) is 0.385. The molecule has 0 bridgehead atoms. The number of hydrogen-bond acceptors (Lipinski definition) is 1. The van der Waals surface area contributed by atoms with Crippen molar-refractivity contribution in [3.63, 3.8) is 0 Å². The summed E-state index contributed by atoms with van der Waals surface area (Å²) in [5.74, 6) is 0. The van der Waals surface area contributed by atoms with Gasteiger partial charge in [0.25, 0.3) is 0 Å². The van der Waals surface area contributed by atoms with Crippen LogP contribution in [0.5, 0.6) is 0 Å². The maximum atomic E-state index is 9.25. The van der Waals surface area contributed by atoms with Gasteiger partial charge in [-0.3, -0.25) is 0 Å². The first-order valence-electron chi connectivity index (χ1n) is 5.40. The fourth-order valence-electron chi connectivity index (χ4n) is 1.84. The molecule has 80 valence electrons. The van der Waals surface area contributed by atoms with Crippen molar-refractivity contribution in [2.45, 2.75) is 32.9 Å². The number of aromatic nitrogens is 1. The van der Waals surface area contributed by atoms with E-state index in [0.717, 1.165) is 13.0 Å². The third-order valence-electron chi connectivity index (χ3n) is 2.71. The van der Waals surface area contributed by atoms with Gasteiger partial charge in [-0.2, -0.15) is 0 Å². The summed E-state index contributed by atoms with van der Waals surface area (Å²) in [6.45, 7) is 4.81. The number of benzene rings is 1. The number of aliphatic hydroxyl groups is 1. The summed E-state index contributed by atoms with van der Waals surface area (Å²) in [6.07, 6.45) is 2.66. The number of nitrogens with zero attached hydrogens (tertiary/aromatic N) is 1. The van der Waals surface area contributed by atoms with E-state index in [2.05, 4.69) is 42.0 Å². The van der Waals surface area contributed by atoms with Crippen molar-refractivity contribution in [3.05, 3.63) is 36.0 Å².